The van der Waals surface area contributed by atoms with Crippen LogP contribution in [0.1, 0.15) is 50.2 Å². The van der Waals surface area contributed by atoms with Gasteiger partial charge in [-0.1, -0.05) is 0 Å². The summed E-state index contributed by atoms with van der Waals surface area (Å²) in [5.74, 6) is 2.39. The van der Waals surface area contributed by atoms with Crippen LogP contribution < -0.4 is 5.32 Å². The highest BCUT2D eigenvalue weighted by molar-refractivity contribution is 5.85. The van der Waals surface area contributed by atoms with Crippen LogP contribution >= 0.6 is 12.4 Å². The topological polar surface area (TPSA) is 45.5 Å². The van der Waals surface area contributed by atoms with Gasteiger partial charge in [-0.3, -0.25) is 4.79 Å². The van der Waals surface area contributed by atoms with Gasteiger partial charge in [0.2, 0.25) is 5.91 Å². The third-order valence-electron chi connectivity index (χ3n) is 4.60. The highest BCUT2D eigenvalue weighted by Gasteiger charge is 2.36. The molecule has 5 heteroatoms. The largest absolute Gasteiger partial charge is 0.464 e. The van der Waals surface area contributed by atoms with Crippen molar-refractivity contribution in [1.82, 2.24) is 10.2 Å². The van der Waals surface area contributed by atoms with Gasteiger partial charge in [-0.25, -0.2) is 0 Å². The zero-order valence-corrected chi connectivity index (χ0v) is 13.6. The lowest BCUT2D eigenvalue weighted by Crippen LogP contribution is -2.43. The number of nitrogens with one attached hydrogen (secondary N) is 1. The summed E-state index contributed by atoms with van der Waals surface area (Å²) in [4.78, 5) is 14.8. The molecule has 2 aliphatic heterocycles. The summed E-state index contributed by atoms with van der Waals surface area (Å²) in [6.45, 7) is 5.95. The lowest BCUT2D eigenvalue weighted by atomic mass is 9.91. The van der Waals surface area contributed by atoms with Crippen molar-refractivity contribution in [2.75, 3.05) is 13.1 Å². The van der Waals surface area contributed by atoms with Crippen molar-refractivity contribution in [2.45, 2.75) is 51.6 Å². The minimum atomic E-state index is 0. The van der Waals surface area contributed by atoms with E-state index in [0.717, 1.165) is 50.3 Å². The third-order valence-corrected chi connectivity index (χ3v) is 4.60. The van der Waals surface area contributed by atoms with Gasteiger partial charge in [0.15, 0.2) is 0 Å². The van der Waals surface area contributed by atoms with Gasteiger partial charge in [-0.2, -0.15) is 0 Å². The molecule has 1 aromatic rings. The zero-order valence-electron chi connectivity index (χ0n) is 12.8. The molecule has 21 heavy (non-hydrogen) atoms. The number of carbonyl (C=O) groups excluding carboxylic acids is 1. The molecule has 2 fully saturated rings. The van der Waals surface area contributed by atoms with Gasteiger partial charge in [0.05, 0.1) is 6.04 Å². The van der Waals surface area contributed by atoms with Crippen molar-refractivity contribution in [3.05, 3.63) is 23.7 Å². The molecule has 2 saturated heterocycles. The number of carbonyl (C=O) groups is 1. The average Bonchev–Trinajstić information content (AvgIpc) is 3.06. The molecule has 3 heterocycles. The van der Waals surface area contributed by atoms with Crippen molar-refractivity contribution in [3.63, 3.8) is 0 Å². The minimum absolute atomic E-state index is 0. The van der Waals surface area contributed by atoms with Crippen LogP contribution in [-0.4, -0.2) is 29.9 Å². The van der Waals surface area contributed by atoms with Crippen molar-refractivity contribution in [1.29, 1.82) is 0 Å². The number of hydrogen-bond donors (Lipinski definition) is 1. The Morgan fingerprint density at radius 3 is 2.86 bits per heavy atom. The van der Waals surface area contributed by atoms with Crippen LogP contribution in [0.5, 0.6) is 0 Å². The number of nitrogens with zero attached hydrogens (tertiary/aromatic N) is 1. The summed E-state index contributed by atoms with van der Waals surface area (Å²) >= 11 is 0. The fourth-order valence-corrected chi connectivity index (χ4v) is 3.55. The molecule has 1 unspecified atom stereocenters. The van der Waals surface area contributed by atoms with E-state index in [1.807, 2.05) is 19.1 Å². The molecule has 1 aromatic heterocycles. The first-order valence-corrected chi connectivity index (χ1v) is 7.75. The molecule has 2 aliphatic rings. The molecule has 118 valence electrons. The molecular weight excluding hydrogens is 288 g/mol. The summed E-state index contributed by atoms with van der Waals surface area (Å²) < 4.78 is 5.75. The van der Waals surface area contributed by atoms with Crippen LogP contribution in [0, 0.1) is 12.8 Å². The molecule has 0 aromatic carbocycles. The molecule has 1 N–H and O–H groups in total. The lowest BCUT2D eigenvalue weighted by Gasteiger charge is -2.32. The molecule has 1 amide bonds. The maximum absolute atomic E-state index is 12.8. The SMILES string of the molecule is Cc1ccc(C2CCCN2C(=O)[C@H]2CCN[C@@H](C)C2)o1.Cl. The van der Waals surface area contributed by atoms with E-state index in [2.05, 4.69) is 17.1 Å². The number of hydrogen-bond acceptors (Lipinski definition) is 3. The predicted octanol–water partition coefficient (Wildman–Crippen LogP) is 3.06. The van der Waals surface area contributed by atoms with E-state index in [1.54, 1.807) is 0 Å². The second kappa shape index (κ2) is 6.84. The fourth-order valence-electron chi connectivity index (χ4n) is 3.55. The minimum Gasteiger partial charge on any atom is -0.464 e. The van der Waals surface area contributed by atoms with Gasteiger partial charge < -0.3 is 14.6 Å². The third kappa shape index (κ3) is 3.43. The molecule has 0 aliphatic carbocycles. The van der Waals surface area contributed by atoms with Crippen LogP contribution in [-0.2, 0) is 4.79 Å². The summed E-state index contributed by atoms with van der Waals surface area (Å²) in [5, 5.41) is 3.41. The van der Waals surface area contributed by atoms with Crippen molar-refractivity contribution < 1.29 is 9.21 Å². The summed E-state index contributed by atoms with van der Waals surface area (Å²) in [6, 6.07) is 4.62. The van der Waals surface area contributed by atoms with E-state index in [9.17, 15) is 4.79 Å². The van der Waals surface area contributed by atoms with Gasteiger partial charge in [0.25, 0.3) is 0 Å². The first kappa shape index (κ1) is 16.4. The molecule has 0 bridgehead atoms. The Bertz CT molecular complexity index is 488. The van der Waals surface area contributed by atoms with E-state index in [4.69, 9.17) is 4.42 Å². The molecule has 3 atom stereocenters. The highest BCUT2D eigenvalue weighted by Crippen LogP contribution is 2.35. The second-order valence-corrected chi connectivity index (χ2v) is 6.21. The van der Waals surface area contributed by atoms with Crippen molar-refractivity contribution in [2.24, 2.45) is 5.92 Å². The van der Waals surface area contributed by atoms with Gasteiger partial charge in [0, 0.05) is 18.5 Å². The average molecular weight is 313 g/mol. The van der Waals surface area contributed by atoms with Crippen LogP contribution in [0.15, 0.2) is 16.5 Å². The Hall–Kier alpha value is -1.00. The normalized spacial score (nSPS) is 29.2. The Labute approximate surface area is 132 Å². The number of halogens is 1. The second-order valence-electron chi connectivity index (χ2n) is 6.21. The molecule has 0 saturated carbocycles. The van der Waals surface area contributed by atoms with Gasteiger partial charge in [-0.05, 0) is 58.2 Å². The first-order valence-electron chi connectivity index (χ1n) is 7.75. The van der Waals surface area contributed by atoms with E-state index >= 15 is 0 Å². The first-order chi connectivity index (χ1) is 9.65. The van der Waals surface area contributed by atoms with Gasteiger partial charge >= 0.3 is 0 Å². The van der Waals surface area contributed by atoms with E-state index in [1.165, 1.54) is 0 Å². The quantitative estimate of drug-likeness (QED) is 0.913. The molecule has 0 spiro atoms. The number of furan rings is 1. The monoisotopic (exact) mass is 312 g/mol. The van der Waals surface area contributed by atoms with Crippen molar-refractivity contribution in [3.8, 4) is 0 Å². The van der Waals surface area contributed by atoms with E-state index in [-0.39, 0.29) is 24.4 Å². The maximum atomic E-state index is 12.8. The Morgan fingerprint density at radius 1 is 1.38 bits per heavy atom. The number of rotatable bonds is 2. The van der Waals surface area contributed by atoms with Gasteiger partial charge in [0.1, 0.15) is 11.5 Å². The molecular formula is C16H25ClN2O2. The maximum Gasteiger partial charge on any atom is 0.226 e. The lowest BCUT2D eigenvalue weighted by molar-refractivity contribution is -0.138. The van der Waals surface area contributed by atoms with Crippen LogP contribution in [0.3, 0.4) is 0 Å². The Morgan fingerprint density at radius 2 is 2.19 bits per heavy atom. The number of amides is 1. The van der Waals surface area contributed by atoms with E-state index in [0.29, 0.717) is 11.9 Å². The smallest absolute Gasteiger partial charge is 0.226 e. The standard InChI is InChI=1S/C16H24N2O2.ClH/c1-11-10-13(7-8-17-11)16(19)18-9-3-4-14(18)15-6-5-12(2)20-15;/h5-6,11,13-14,17H,3-4,7-10H2,1-2H3;1H/t11-,13-,14?;/m0./s1. The highest BCUT2D eigenvalue weighted by atomic mass is 35.5. The predicted molar refractivity (Wildman–Crippen MR) is 84.6 cm³/mol. The number of aryl methyl sites for hydroxylation is 1. The van der Waals surface area contributed by atoms with Crippen LogP contribution in [0.2, 0.25) is 0 Å². The van der Waals surface area contributed by atoms with Crippen molar-refractivity contribution >= 4 is 18.3 Å². The molecule has 4 nitrogen and oxygen atoms in total. The van der Waals surface area contributed by atoms with Crippen LogP contribution in [0.4, 0.5) is 0 Å². The summed E-state index contributed by atoms with van der Waals surface area (Å²) in [5.41, 5.74) is 0. The molecule has 0 radical (unpaired) electrons. The Kier molecular flexibility index (Phi) is 5.33. The fraction of sp³-hybridized carbons (Fsp3) is 0.688. The van der Waals surface area contributed by atoms with Crippen LogP contribution in [0.25, 0.3) is 0 Å². The number of likely N-dealkylation sites (tertiary alicyclic amines) is 1. The van der Waals surface area contributed by atoms with E-state index < -0.39 is 0 Å². The molecule has 3 rings (SSSR count). The Balaban J connectivity index is 0.00000161. The zero-order chi connectivity index (χ0) is 14.1. The summed E-state index contributed by atoms with van der Waals surface area (Å²) in [7, 11) is 0. The summed E-state index contributed by atoms with van der Waals surface area (Å²) in [6.07, 6.45) is 4.03. The number of piperidine rings is 1. The van der Waals surface area contributed by atoms with Gasteiger partial charge in [-0.15, -0.1) is 12.4 Å².